The van der Waals surface area contributed by atoms with Crippen LogP contribution in [0.25, 0.3) is 0 Å². The molecule has 0 aliphatic heterocycles. The number of ether oxygens (including phenoxy) is 1. The van der Waals surface area contributed by atoms with Crippen molar-refractivity contribution in [3.63, 3.8) is 0 Å². The van der Waals surface area contributed by atoms with E-state index in [0.29, 0.717) is 6.54 Å². The van der Waals surface area contributed by atoms with E-state index in [9.17, 15) is 14.4 Å². The van der Waals surface area contributed by atoms with Gasteiger partial charge in [-0.05, 0) is 6.42 Å². The molecular formula is C11H18N2O5. The first-order chi connectivity index (χ1) is 8.51. The van der Waals surface area contributed by atoms with Crippen molar-refractivity contribution in [1.82, 2.24) is 10.6 Å². The van der Waals surface area contributed by atoms with Gasteiger partial charge in [-0.1, -0.05) is 6.08 Å². The largest absolute Gasteiger partial charge is 0.480 e. The number of amides is 1. The number of aliphatic carboxylic acids is 1. The topological polar surface area (TPSA) is 105 Å². The summed E-state index contributed by atoms with van der Waals surface area (Å²) in [5, 5.41) is 13.9. The molecule has 0 saturated heterocycles. The van der Waals surface area contributed by atoms with Gasteiger partial charge >= 0.3 is 11.9 Å². The average molecular weight is 258 g/mol. The molecule has 0 aromatic carbocycles. The molecule has 3 N–H and O–H groups in total. The monoisotopic (exact) mass is 258 g/mol. The van der Waals surface area contributed by atoms with E-state index < -0.39 is 23.9 Å². The number of esters is 1. The lowest BCUT2D eigenvalue weighted by molar-refractivity contribution is -0.144. The van der Waals surface area contributed by atoms with Crippen LogP contribution in [-0.4, -0.2) is 49.2 Å². The molecule has 0 spiro atoms. The number of carbonyl (C=O) groups excluding carboxylic acids is 2. The summed E-state index contributed by atoms with van der Waals surface area (Å²) < 4.78 is 4.40. The molecule has 0 saturated carbocycles. The number of carbonyl (C=O) groups is 3. The fraction of sp³-hybridized carbons (Fsp3) is 0.545. The van der Waals surface area contributed by atoms with Crippen LogP contribution in [0.5, 0.6) is 0 Å². The van der Waals surface area contributed by atoms with Crippen molar-refractivity contribution in [3.8, 4) is 0 Å². The zero-order valence-corrected chi connectivity index (χ0v) is 10.3. The number of nitrogens with one attached hydrogen (secondary N) is 2. The maximum atomic E-state index is 11.4. The van der Waals surface area contributed by atoms with E-state index in [2.05, 4.69) is 21.9 Å². The Morgan fingerprint density at radius 2 is 2.11 bits per heavy atom. The molecule has 0 unspecified atom stereocenters. The van der Waals surface area contributed by atoms with Gasteiger partial charge in [0.25, 0.3) is 0 Å². The highest BCUT2D eigenvalue weighted by atomic mass is 16.5. The van der Waals surface area contributed by atoms with Gasteiger partial charge in [-0.3, -0.25) is 9.59 Å². The second-order valence-electron chi connectivity index (χ2n) is 3.49. The van der Waals surface area contributed by atoms with Gasteiger partial charge in [0.2, 0.25) is 5.91 Å². The van der Waals surface area contributed by atoms with Crippen LogP contribution in [0.3, 0.4) is 0 Å². The van der Waals surface area contributed by atoms with Gasteiger partial charge in [0.05, 0.1) is 13.7 Å². The van der Waals surface area contributed by atoms with Crippen molar-refractivity contribution in [1.29, 1.82) is 0 Å². The molecule has 0 aliphatic carbocycles. The lowest BCUT2D eigenvalue weighted by Gasteiger charge is -2.13. The number of carboxylic acids is 1. The van der Waals surface area contributed by atoms with E-state index in [-0.39, 0.29) is 19.4 Å². The number of rotatable bonds is 9. The van der Waals surface area contributed by atoms with Crippen molar-refractivity contribution >= 4 is 17.8 Å². The molecule has 1 atom stereocenters. The van der Waals surface area contributed by atoms with Crippen LogP contribution in [-0.2, 0) is 19.1 Å². The SMILES string of the molecule is C=CCNCC(=O)N[C@@H](CCC(=O)OC)C(=O)O. The van der Waals surface area contributed by atoms with Crippen LogP contribution in [0.4, 0.5) is 0 Å². The van der Waals surface area contributed by atoms with Crippen molar-refractivity contribution in [3.05, 3.63) is 12.7 Å². The van der Waals surface area contributed by atoms with Crippen LogP contribution in [0.15, 0.2) is 12.7 Å². The van der Waals surface area contributed by atoms with Crippen LogP contribution < -0.4 is 10.6 Å². The van der Waals surface area contributed by atoms with Gasteiger partial charge in [-0.2, -0.15) is 0 Å². The molecular weight excluding hydrogens is 240 g/mol. The van der Waals surface area contributed by atoms with E-state index in [4.69, 9.17) is 5.11 Å². The predicted molar refractivity (Wildman–Crippen MR) is 63.9 cm³/mol. The molecule has 0 aromatic rings. The fourth-order valence-electron chi connectivity index (χ4n) is 1.15. The third-order valence-corrected chi connectivity index (χ3v) is 2.07. The maximum Gasteiger partial charge on any atom is 0.326 e. The molecule has 7 nitrogen and oxygen atoms in total. The molecule has 0 heterocycles. The predicted octanol–water partition coefficient (Wildman–Crippen LogP) is -0.715. The fourth-order valence-corrected chi connectivity index (χ4v) is 1.15. The molecule has 102 valence electrons. The minimum Gasteiger partial charge on any atom is -0.480 e. The molecule has 0 fully saturated rings. The summed E-state index contributed by atoms with van der Waals surface area (Å²) in [5.74, 6) is -2.15. The second-order valence-corrected chi connectivity index (χ2v) is 3.49. The Morgan fingerprint density at radius 3 is 2.61 bits per heavy atom. The van der Waals surface area contributed by atoms with E-state index in [1.807, 2.05) is 0 Å². The smallest absolute Gasteiger partial charge is 0.326 e. The summed E-state index contributed by atoms with van der Waals surface area (Å²) in [6, 6.07) is -1.10. The summed E-state index contributed by atoms with van der Waals surface area (Å²) in [7, 11) is 1.22. The van der Waals surface area contributed by atoms with Crippen molar-refractivity contribution in [2.75, 3.05) is 20.2 Å². The van der Waals surface area contributed by atoms with Crippen LogP contribution >= 0.6 is 0 Å². The van der Waals surface area contributed by atoms with Crippen LogP contribution in [0, 0.1) is 0 Å². The first-order valence-electron chi connectivity index (χ1n) is 5.41. The molecule has 0 aliphatic rings. The molecule has 1 amide bonds. The lowest BCUT2D eigenvalue weighted by atomic mass is 10.1. The van der Waals surface area contributed by atoms with Crippen molar-refractivity contribution < 1.29 is 24.2 Å². The Balaban J connectivity index is 4.10. The van der Waals surface area contributed by atoms with Crippen LogP contribution in [0.2, 0.25) is 0 Å². The van der Waals surface area contributed by atoms with Gasteiger partial charge < -0.3 is 20.5 Å². The van der Waals surface area contributed by atoms with Crippen molar-refractivity contribution in [2.45, 2.75) is 18.9 Å². The van der Waals surface area contributed by atoms with Gasteiger partial charge in [0.1, 0.15) is 6.04 Å². The highest BCUT2D eigenvalue weighted by Gasteiger charge is 2.20. The van der Waals surface area contributed by atoms with Gasteiger partial charge in [-0.25, -0.2) is 4.79 Å². The Morgan fingerprint density at radius 1 is 1.44 bits per heavy atom. The zero-order valence-electron chi connectivity index (χ0n) is 10.3. The third kappa shape index (κ3) is 7.39. The summed E-state index contributed by atoms with van der Waals surface area (Å²) in [4.78, 5) is 33.1. The van der Waals surface area contributed by atoms with E-state index >= 15 is 0 Å². The first-order valence-corrected chi connectivity index (χ1v) is 5.41. The standard InChI is InChI=1S/C11H18N2O5/c1-3-6-12-7-9(14)13-8(11(16)17)4-5-10(15)18-2/h3,8,12H,1,4-7H2,2H3,(H,13,14)(H,16,17)/t8-/m0/s1. The molecule has 18 heavy (non-hydrogen) atoms. The van der Waals surface area contributed by atoms with Gasteiger partial charge in [0.15, 0.2) is 0 Å². The van der Waals surface area contributed by atoms with Gasteiger partial charge in [-0.15, -0.1) is 6.58 Å². The first kappa shape index (κ1) is 16.1. The van der Waals surface area contributed by atoms with E-state index in [0.717, 1.165) is 0 Å². The average Bonchev–Trinajstić information content (AvgIpc) is 2.33. The van der Waals surface area contributed by atoms with Crippen LogP contribution in [0.1, 0.15) is 12.8 Å². The Kier molecular flexibility index (Phi) is 8.21. The molecule has 0 aromatic heterocycles. The Labute approximate surface area is 105 Å². The molecule has 0 bridgehead atoms. The number of methoxy groups -OCH3 is 1. The summed E-state index contributed by atoms with van der Waals surface area (Å²) in [6.07, 6.45) is 1.52. The summed E-state index contributed by atoms with van der Waals surface area (Å²) in [5.41, 5.74) is 0. The lowest BCUT2D eigenvalue weighted by Crippen LogP contribution is -2.44. The van der Waals surface area contributed by atoms with E-state index in [1.165, 1.54) is 7.11 Å². The Hall–Kier alpha value is -1.89. The molecule has 0 radical (unpaired) electrons. The Bertz CT molecular complexity index is 317. The van der Waals surface area contributed by atoms with E-state index in [1.54, 1.807) is 6.08 Å². The quantitative estimate of drug-likeness (QED) is 0.286. The highest BCUT2D eigenvalue weighted by molar-refractivity contribution is 5.85. The molecule has 7 heteroatoms. The van der Waals surface area contributed by atoms with Crippen molar-refractivity contribution in [2.24, 2.45) is 0 Å². The maximum absolute atomic E-state index is 11.4. The number of carboxylic acid groups (broad SMARTS) is 1. The summed E-state index contributed by atoms with van der Waals surface area (Å²) in [6.45, 7) is 3.91. The molecule has 0 rings (SSSR count). The minimum absolute atomic E-state index is 0.00476. The zero-order chi connectivity index (χ0) is 14.0. The number of hydrogen-bond acceptors (Lipinski definition) is 5. The summed E-state index contributed by atoms with van der Waals surface area (Å²) >= 11 is 0. The highest BCUT2D eigenvalue weighted by Crippen LogP contribution is 1.99. The minimum atomic E-state index is -1.18. The number of hydrogen-bond donors (Lipinski definition) is 3. The third-order valence-electron chi connectivity index (χ3n) is 2.07. The van der Waals surface area contributed by atoms with Gasteiger partial charge in [0, 0.05) is 13.0 Å². The second kappa shape index (κ2) is 9.17. The normalized spacial score (nSPS) is 11.4.